The Kier molecular flexibility index (Phi) is 4.77. The first-order valence-electron chi connectivity index (χ1n) is 2.13. The molecule has 3 heteroatoms. The highest BCUT2D eigenvalue weighted by atomic mass is 14.9. The van der Waals surface area contributed by atoms with E-state index in [4.69, 9.17) is 5.26 Å². The third-order valence-electron chi connectivity index (χ3n) is 0.458. The van der Waals surface area contributed by atoms with Gasteiger partial charge in [0.2, 0.25) is 0 Å². The van der Waals surface area contributed by atoms with Crippen LogP contribution in [0.2, 0.25) is 0 Å². The summed E-state index contributed by atoms with van der Waals surface area (Å²) >= 11 is 0. The van der Waals surface area contributed by atoms with E-state index in [9.17, 15) is 0 Å². The SMILES string of the molecule is CN=CN/C=C\C#N. The minimum absolute atomic E-state index is 1.34. The number of hydrogen-bond acceptors (Lipinski definition) is 2. The molecule has 42 valence electrons. The van der Waals surface area contributed by atoms with Gasteiger partial charge in [0.1, 0.15) is 0 Å². The van der Waals surface area contributed by atoms with Gasteiger partial charge in [-0.05, 0) is 0 Å². The van der Waals surface area contributed by atoms with Crippen molar-refractivity contribution in [1.82, 2.24) is 5.32 Å². The molecule has 1 N–H and O–H groups in total. The van der Waals surface area contributed by atoms with Crippen LogP contribution < -0.4 is 5.32 Å². The molecule has 0 heterocycles. The molecule has 0 aliphatic heterocycles. The Bertz CT molecular complexity index is 129. The molecule has 0 rings (SSSR count). The first-order valence-corrected chi connectivity index (χ1v) is 2.13. The molecule has 8 heavy (non-hydrogen) atoms. The zero-order chi connectivity index (χ0) is 6.24. The first-order chi connectivity index (χ1) is 3.91. The lowest BCUT2D eigenvalue weighted by Gasteiger charge is -1.80. The lowest BCUT2D eigenvalue weighted by molar-refractivity contribution is 1.28. The third-order valence-corrected chi connectivity index (χ3v) is 0.458. The molecule has 0 unspecified atom stereocenters. The molecular weight excluding hydrogens is 102 g/mol. The van der Waals surface area contributed by atoms with Gasteiger partial charge in [-0.3, -0.25) is 4.99 Å². The van der Waals surface area contributed by atoms with Crippen LogP contribution in [0.5, 0.6) is 0 Å². The first kappa shape index (κ1) is 6.70. The molecule has 0 aromatic heterocycles. The Morgan fingerprint density at radius 3 is 3.00 bits per heavy atom. The van der Waals surface area contributed by atoms with Gasteiger partial charge >= 0.3 is 0 Å². The number of aliphatic imine (C=N–C) groups is 1. The predicted molar refractivity (Wildman–Crippen MR) is 32.3 cm³/mol. The van der Waals surface area contributed by atoms with E-state index in [1.54, 1.807) is 7.05 Å². The molecule has 0 atom stereocenters. The Morgan fingerprint density at radius 1 is 1.75 bits per heavy atom. The number of rotatable bonds is 2. The predicted octanol–water partition coefficient (Wildman–Crippen LogP) is 0.271. The zero-order valence-electron chi connectivity index (χ0n) is 4.63. The molecule has 0 aliphatic carbocycles. The van der Waals surface area contributed by atoms with Crippen LogP contribution in [-0.2, 0) is 0 Å². The van der Waals surface area contributed by atoms with Crippen LogP contribution in [0.25, 0.3) is 0 Å². The molecule has 0 radical (unpaired) electrons. The zero-order valence-corrected chi connectivity index (χ0v) is 4.63. The van der Waals surface area contributed by atoms with Crippen molar-refractivity contribution in [3.63, 3.8) is 0 Å². The topological polar surface area (TPSA) is 48.2 Å². The van der Waals surface area contributed by atoms with Gasteiger partial charge in [-0.15, -0.1) is 0 Å². The lowest BCUT2D eigenvalue weighted by Crippen LogP contribution is -1.98. The van der Waals surface area contributed by atoms with E-state index in [-0.39, 0.29) is 0 Å². The highest BCUT2D eigenvalue weighted by molar-refractivity contribution is 5.55. The average Bonchev–Trinajstić information content (AvgIpc) is 1.81. The van der Waals surface area contributed by atoms with Gasteiger partial charge in [-0.25, -0.2) is 0 Å². The lowest BCUT2D eigenvalue weighted by atomic mass is 10.7. The molecule has 0 aromatic rings. The summed E-state index contributed by atoms with van der Waals surface area (Å²) in [6.07, 6.45) is 4.34. The average molecular weight is 109 g/mol. The smallest absolute Gasteiger partial charge is 0.0927 e. The van der Waals surface area contributed by atoms with E-state index in [1.165, 1.54) is 18.6 Å². The molecule has 0 saturated carbocycles. The standard InChI is InChI=1S/C5H7N3/c1-7-5-8-4-2-3-6/h2,4-5H,1H3,(H,7,8)/b4-2-. The summed E-state index contributed by atoms with van der Waals surface area (Å²) in [6, 6.07) is 1.82. The van der Waals surface area contributed by atoms with E-state index < -0.39 is 0 Å². The Hall–Kier alpha value is -1.30. The summed E-state index contributed by atoms with van der Waals surface area (Å²) in [7, 11) is 1.65. The van der Waals surface area contributed by atoms with Gasteiger partial charge in [-0.1, -0.05) is 0 Å². The monoisotopic (exact) mass is 109 g/mol. The summed E-state index contributed by atoms with van der Waals surface area (Å²) in [6.45, 7) is 0. The van der Waals surface area contributed by atoms with Crippen molar-refractivity contribution in [3.05, 3.63) is 12.3 Å². The second-order valence-electron chi connectivity index (χ2n) is 1.02. The second-order valence-corrected chi connectivity index (χ2v) is 1.02. The van der Waals surface area contributed by atoms with Crippen LogP contribution >= 0.6 is 0 Å². The Labute approximate surface area is 48.3 Å². The summed E-state index contributed by atoms with van der Waals surface area (Å²) in [5.74, 6) is 0. The highest BCUT2D eigenvalue weighted by Gasteiger charge is 1.60. The molecule has 3 nitrogen and oxygen atoms in total. The molecular formula is C5H7N3. The fourth-order valence-corrected chi connectivity index (χ4v) is 0.203. The van der Waals surface area contributed by atoms with E-state index >= 15 is 0 Å². The van der Waals surface area contributed by atoms with Gasteiger partial charge in [0.05, 0.1) is 12.4 Å². The van der Waals surface area contributed by atoms with Crippen molar-refractivity contribution in [3.8, 4) is 6.07 Å². The minimum atomic E-state index is 1.34. The quantitative estimate of drug-likeness (QED) is 0.314. The number of nitrogens with one attached hydrogen (secondary N) is 1. The van der Waals surface area contributed by atoms with Crippen molar-refractivity contribution >= 4 is 6.34 Å². The molecule has 0 amide bonds. The van der Waals surface area contributed by atoms with Crippen molar-refractivity contribution in [2.75, 3.05) is 7.05 Å². The minimum Gasteiger partial charge on any atom is -0.352 e. The fourth-order valence-electron chi connectivity index (χ4n) is 0.203. The number of hydrogen-bond donors (Lipinski definition) is 1. The van der Waals surface area contributed by atoms with Gasteiger partial charge in [0, 0.05) is 19.3 Å². The number of nitrogens with zero attached hydrogens (tertiary/aromatic N) is 2. The van der Waals surface area contributed by atoms with Crippen LogP contribution in [0.4, 0.5) is 0 Å². The summed E-state index contributed by atoms with van der Waals surface area (Å²) in [5.41, 5.74) is 0. The maximum atomic E-state index is 7.94. The molecule has 0 saturated heterocycles. The molecule has 0 aromatic carbocycles. The van der Waals surface area contributed by atoms with Crippen LogP contribution in [-0.4, -0.2) is 13.4 Å². The Balaban J connectivity index is 3.20. The van der Waals surface area contributed by atoms with E-state index in [2.05, 4.69) is 10.3 Å². The largest absolute Gasteiger partial charge is 0.352 e. The second kappa shape index (κ2) is 5.70. The van der Waals surface area contributed by atoms with Gasteiger partial charge < -0.3 is 5.32 Å². The summed E-state index contributed by atoms with van der Waals surface area (Å²) in [4.78, 5) is 3.61. The van der Waals surface area contributed by atoms with Crippen molar-refractivity contribution in [1.29, 1.82) is 5.26 Å². The van der Waals surface area contributed by atoms with Crippen LogP contribution in [0.1, 0.15) is 0 Å². The number of nitriles is 1. The van der Waals surface area contributed by atoms with Crippen molar-refractivity contribution in [2.24, 2.45) is 4.99 Å². The molecule has 0 aliphatic rings. The molecule has 0 fully saturated rings. The Morgan fingerprint density at radius 2 is 2.50 bits per heavy atom. The number of allylic oxidation sites excluding steroid dienone is 1. The highest BCUT2D eigenvalue weighted by Crippen LogP contribution is 1.57. The van der Waals surface area contributed by atoms with Gasteiger partial charge in [-0.2, -0.15) is 5.26 Å². The van der Waals surface area contributed by atoms with E-state index in [0.717, 1.165) is 0 Å². The van der Waals surface area contributed by atoms with E-state index in [0.29, 0.717) is 0 Å². The van der Waals surface area contributed by atoms with Crippen LogP contribution in [0.3, 0.4) is 0 Å². The maximum absolute atomic E-state index is 7.94. The third kappa shape index (κ3) is 4.70. The van der Waals surface area contributed by atoms with Crippen molar-refractivity contribution < 1.29 is 0 Å². The van der Waals surface area contributed by atoms with Crippen LogP contribution in [0, 0.1) is 11.3 Å². The van der Waals surface area contributed by atoms with Crippen LogP contribution in [0.15, 0.2) is 17.3 Å². The molecule has 0 spiro atoms. The molecule has 0 bridgehead atoms. The van der Waals surface area contributed by atoms with E-state index in [1.807, 2.05) is 6.07 Å². The fraction of sp³-hybridized carbons (Fsp3) is 0.200. The van der Waals surface area contributed by atoms with Gasteiger partial charge in [0.15, 0.2) is 0 Å². The summed E-state index contributed by atoms with van der Waals surface area (Å²) in [5, 5.41) is 10.6. The van der Waals surface area contributed by atoms with Crippen molar-refractivity contribution in [2.45, 2.75) is 0 Å². The normalized spacial score (nSPS) is 10.0. The summed E-state index contributed by atoms with van der Waals surface area (Å²) < 4.78 is 0. The maximum Gasteiger partial charge on any atom is 0.0927 e. The van der Waals surface area contributed by atoms with Gasteiger partial charge in [0.25, 0.3) is 0 Å².